The predicted molar refractivity (Wildman–Crippen MR) is 114 cm³/mol. The second-order valence-electron chi connectivity index (χ2n) is 8.17. The third kappa shape index (κ3) is 8.43. The van der Waals surface area contributed by atoms with Gasteiger partial charge in [-0.05, 0) is 51.7 Å². The van der Waals surface area contributed by atoms with Crippen molar-refractivity contribution in [3.63, 3.8) is 0 Å². The minimum Gasteiger partial charge on any atom is -0.444 e. The van der Waals surface area contributed by atoms with Gasteiger partial charge in [-0.25, -0.2) is 4.79 Å². The molecule has 8 heteroatoms. The number of hydrogen-bond donors (Lipinski definition) is 2. The van der Waals surface area contributed by atoms with Crippen molar-refractivity contribution >= 4 is 33.8 Å². The van der Waals surface area contributed by atoms with E-state index in [1.807, 2.05) is 29.2 Å². The maximum Gasteiger partial charge on any atom is 0.408 e. The van der Waals surface area contributed by atoms with Crippen molar-refractivity contribution in [1.82, 2.24) is 15.5 Å². The minimum absolute atomic E-state index is 0.00949. The first-order chi connectivity index (χ1) is 13.6. The third-order valence-electron chi connectivity index (χ3n) is 4.57. The van der Waals surface area contributed by atoms with Crippen molar-refractivity contribution in [3.05, 3.63) is 34.3 Å². The number of carbonyl (C=O) groups is 3. The van der Waals surface area contributed by atoms with Crippen molar-refractivity contribution in [1.29, 1.82) is 0 Å². The van der Waals surface area contributed by atoms with Crippen LogP contribution in [0, 0.1) is 0 Å². The van der Waals surface area contributed by atoms with Gasteiger partial charge in [-0.2, -0.15) is 0 Å². The van der Waals surface area contributed by atoms with Crippen LogP contribution < -0.4 is 10.6 Å². The molecule has 0 unspecified atom stereocenters. The van der Waals surface area contributed by atoms with Gasteiger partial charge in [0.05, 0.1) is 0 Å². The summed E-state index contributed by atoms with van der Waals surface area (Å²) in [6.45, 7) is 6.42. The standard InChI is InChI=1S/C21H30BrN3O4/c1-21(2,3)29-20(28)23-14-18(26)24-16-10-12-25(13-11-16)19(27)9-8-15-6-4-5-7-17(15)22/h4-7,16H,8-14H2,1-3H3,(H,23,28)(H,24,26). The normalized spacial score (nSPS) is 15.0. The summed E-state index contributed by atoms with van der Waals surface area (Å²) in [6.07, 6.45) is 1.98. The number of likely N-dealkylation sites (tertiary alicyclic amines) is 1. The van der Waals surface area contributed by atoms with Gasteiger partial charge in [0.2, 0.25) is 11.8 Å². The zero-order chi connectivity index (χ0) is 21.4. The van der Waals surface area contributed by atoms with E-state index >= 15 is 0 Å². The molecule has 0 aliphatic carbocycles. The molecule has 1 aliphatic rings. The number of benzene rings is 1. The highest BCUT2D eigenvalue weighted by Gasteiger charge is 2.24. The molecule has 160 valence electrons. The quantitative estimate of drug-likeness (QED) is 0.672. The molecule has 1 aromatic rings. The predicted octanol–water partition coefficient (Wildman–Crippen LogP) is 3.01. The second-order valence-corrected chi connectivity index (χ2v) is 9.02. The summed E-state index contributed by atoms with van der Waals surface area (Å²) in [5.74, 6) is -0.119. The molecule has 1 aliphatic heterocycles. The van der Waals surface area contributed by atoms with E-state index in [1.54, 1.807) is 20.8 Å². The molecule has 2 rings (SSSR count). The smallest absolute Gasteiger partial charge is 0.408 e. The van der Waals surface area contributed by atoms with Crippen LogP contribution in [0.2, 0.25) is 0 Å². The average Bonchev–Trinajstić information content (AvgIpc) is 2.65. The van der Waals surface area contributed by atoms with Crippen LogP contribution in [0.25, 0.3) is 0 Å². The van der Waals surface area contributed by atoms with E-state index < -0.39 is 11.7 Å². The first-order valence-electron chi connectivity index (χ1n) is 9.91. The van der Waals surface area contributed by atoms with Crippen LogP contribution in [-0.4, -0.2) is 54.1 Å². The van der Waals surface area contributed by atoms with Gasteiger partial charge in [0.15, 0.2) is 0 Å². The maximum atomic E-state index is 12.5. The number of nitrogens with one attached hydrogen (secondary N) is 2. The molecule has 1 heterocycles. The van der Waals surface area contributed by atoms with Crippen LogP contribution in [0.4, 0.5) is 4.79 Å². The molecule has 0 bridgehead atoms. The fourth-order valence-electron chi connectivity index (χ4n) is 3.12. The first kappa shape index (κ1) is 23.2. The molecular weight excluding hydrogens is 438 g/mol. The summed E-state index contributed by atoms with van der Waals surface area (Å²) in [4.78, 5) is 37.9. The monoisotopic (exact) mass is 467 g/mol. The summed E-state index contributed by atoms with van der Waals surface area (Å²) in [7, 11) is 0. The Morgan fingerprint density at radius 3 is 2.45 bits per heavy atom. The highest BCUT2D eigenvalue weighted by atomic mass is 79.9. The van der Waals surface area contributed by atoms with Crippen molar-refractivity contribution < 1.29 is 19.1 Å². The average molecular weight is 468 g/mol. The van der Waals surface area contributed by atoms with Crippen molar-refractivity contribution in [2.24, 2.45) is 0 Å². The van der Waals surface area contributed by atoms with Gasteiger partial charge in [-0.15, -0.1) is 0 Å². The molecule has 29 heavy (non-hydrogen) atoms. The fourth-order valence-corrected chi connectivity index (χ4v) is 3.60. The van der Waals surface area contributed by atoms with Gasteiger partial charge < -0.3 is 20.3 Å². The SMILES string of the molecule is CC(C)(C)OC(=O)NCC(=O)NC1CCN(C(=O)CCc2ccccc2Br)CC1. The van der Waals surface area contributed by atoms with Crippen molar-refractivity contribution in [2.45, 2.75) is 58.1 Å². The van der Waals surface area contributed by atoms with E-state index in [1.165, 1.54) is 0 Å². The van der Waals surface area contributed by atoms with E-state index in [0.717, 1.165) is 10.0 Å². The third-order valence-corrected chi connectivity index (χ3v) is 5.34. The summed E-state index contributed by atoms with van der Waals surface area (Å²) < 4.78 is 6.13. The zero-order valence-corrected chi connectivity index (χ0v) is 18.9. The molecule has 0 spiro atoms. The lowest BCUT2D eigenvalue weighted by Crippen LogP contribution is -2.49. The van der Waals surface area contributed by atoms with Gasteiger partial charge in [0.25, 0.3) is 0 Å². The molecule has 1 aromatic carbocycles. The largest absolute Gasteiger partial charge is 0.444 e. The summed E-state index contributed by atoms with van der Waals surface area (Å²) >= 11 is 3.51. The molecule has 0 saturated carbocycles. The Hall–Kier alpha value is -2.09. The van der Waals surface area contributed by atoms with Crippen molar-refractivity contribution in [3.8, 4) is 0 Å². The lowest BCUT2D eigenvalue weighted by Gasteiger charge is -2.32. The second kappa shape index (κ2) is 10.6. The van der Waals surface area contributed by atoms with Gasteiger partial charge in [-0.3, -0.25) is 9.59 Å². The lowest BCUT2D eigenvalue weighted by molar-refractivity contribution is -0.132. The molecule has 0 atom stereocenters. The van der Waals surface area contributed by atoms with Gasteiger partial charge in [-0.1, -0.05) is 34.1 Å². The van der Waals surface area contributed by atoms with Crippen LogP contribution >= 0.6 is 15.9 Å². The number of amides is 3. The number of alkyl carbamates (subject to hydrolysis) is 1. The molecule has 0 aromatic heterocycles. The minimum atomic E-state index is -0.613. The Kier molecular flexibility index (Phi) is 8.49. The maximum absolute atomic E-state index is 12.5. The zero-order valence-electron chi connectivity index (χ0n) is 17.3. The Morgan fingerprint density at radius 2 is 1.83 bits per heavy atom. The van der Waals surface area contributed by atoms with Crippen LogP contribution in [0.1, 0.15) is 45.6 Å². The van der Waals surface area contributed by atoms with Crippen LogP contribution in [0.3, 0.4) is 0 Å². The van der Waals surface area contributed by atoms with E-state index in [-0.39, 0.29) is 24.4 Å². The lowest BCUT2D eigenvalue weighted by atomic mass is 10.0. The number of halogens is 1. The number of carbonyl (C=O) groups excluding carboxylic acids is 3. The van der Waals surface area contributed by atoms with Crippen LogP contribution in [0.15, 0.2) is 28.7 Å². The van der Waals surface area contributed by atoms with Crippen molar-refractivity contribution in [2.75, 3.05) is 19.6 Å². The molecule has 7 nitrogen and oxygen atoms in total. The molecule has 2 N–H and O–H groups in total. The topological polar surface area (TPSA) is 87.7 Å². The number of piperidine rings is 1. The fraction of sp³-hybridized carbons (Fsp3) is 0.571. The number of hydrogen-bond acceptors (Lipinski definition) is 4. The summed E-state index contributed by atoms with van der Waals surface area (Å²) in [5, 5.41) is 5.36. The molecule has 1 fully saturated rings. The van der Waals surface area contributed by atoms with Gasteiger partial charge in [0.1, 0.15) is 12.1 Å². The summed E-state index contributed by atoms with van der Waals surface area (Å²) in [5.41, 5.74) is 0.525. The highest BCUT2D eigenvalue weighted by Crippen LogP contribution is 2.19. The van der Waals surface area contributed by atoms with E-state index in [2.05, 4.69) is 26.6 Å². The Morgan fingerprint density at radius 1 is 1.17 bits per heavy atom. The van der Waals surface area contributed by atoms with Gasteiger partial charge >= 0.3 is 6.09 Å². The van der Waals surface area contributed by atoms with Crippen LogP contribution in [-0.2, 0) is 20.7 Å². The van der Waals surface area contributed by atoms with E-state index in [0.29, 0.717) is 38.8 Å². The first-order valence-corrected chi connectivity index (χ1v) is 10.7. The molecule has 0 radical (unpaired) electrons. The molecular formula is C21H30BrN3O4. The van der Waals surface area contributed by atoms with E-state index in [9.17, 15) is 14.4 Å². The highest BCUT2D eigenvalue weighted by molar-refractivity contribution is 9.10. The number of nitrogens with zero attached hydrogens (tertiary/aromatic N) is 1. The molecule has 1 saturated heterocycles. The Bertz CT molecular complexity index is 725. The van der Waals surface area contributed by atoms with E-state index in [4.69, 9.17) is 4.74 Å². The van der Waals surface area contributed by atoms with Gasteiger partial charge in [0, 0.05) is 30.0 Å². The number of rotatable bonds is 6. The number of aryl methyl sites for hydroxylation is 1. The summed E-state index contributed by atoms with van der Waals surface area (Å²) in [6, 6.07) is 7.93. The molecule has 3 amide bonds. The number of ether oxygens (including phenoxy) is 1. The Labute approximate surface area is 180 Å². The Balaban J connectivity index is 1.66. The van der Waals surface area contributed by atoms with Crippen LogP contribution in [0.5, 0.6) is 0 Å².